The molecule has 0 saturated heterocycles. The van der Waals surface area contributed by atoms with Gasteiger partial charge in [0.15, 0.2) is 0 Å². The van der Waals surface area contributed by atoms with Crippen molar-refractivity contribution in [2.45, 2.75) is 18.5 Å². The summed E-state index contributed by atoms with van der Waals surface area (Å²) in [6, 6.07) is -0.763. The largest absolute Gasteiger partial charge is 0.465 e. The third-order valence-corrected chi connectivity index (χ3v) is 3.46. The number of nitrogens with two attached hydrogens (primary N) is 1. The highest BCUT2D eigenvalue weighted by Crippen LogP contribution is 2.30. The van der Waals surface area contributed by atoms with Crippen molar-refractivity contribution in [3.8, 4) is 0 Å². The summed E-state index contributed by atoms with van der Waals surface area (Å²) < 4.78 is 39.8. The highest BCUT2D eigenvalue weighted by Gasteiger charge is 2.27. The Balaban J connectivity index is 3.48. The fourth-order valence-electron chi connectivity index (χ4n) is 0.744. The van der Waals surface area contributed by atoms with Crippen molar-refractivity contribution in [3.63, 3.8) is 0 Å². The Kier molecular flexibility index (Phi) is 8.04. The van der Waals surface area contributed by atoms with Gasteiger partial charge in [0.1, 0.15) is 6.04 Å². The predicted octanol–water partition coefficient (Wildman–Crippen LogP) is 1.86. The average molecular weight is 277 g/mol. The summed E-state index contributed by atoms with van der Waals surface area (Å²) in [5.74, 6) is 0.0246. The molecule has 8 heteroatoms. The van der Waals surface area contributed by atoms with E-state index in [1.165, 1.54) is 11.8 Å². The molecule has 1 atom stereocenters. The van der Waals surface area contributed by atoms with E-state index in [9.17, 15) is 18.0 Å². The van der Waals surface area contributed by atoms with Crippen LogP contribution in [0.1, 0.15) is 6.92 Å². The molecule has 0 spiro atoms. The number of thioether (sulfide) groups is 2. The second-order valence-corrected chi connectivity index (χ2v) is 5.04. The van der Waals surface area contributed by atoms with Crippen LogP contribution in [0.2, 0.25) is 0 Å². The Hall–Kier alpha value is -0.0800. The summed E-state index contributed by atoms with van der Waals surface area (Å²) in [6.45, 7) is 1.92. The van der Waals surface area contributed by atoms with Crippen LogP contribution in [0.3, 0.4) is 0 Å². The molecule has 0 saturated carbocycles. The highest BCUT2D eigenvalue weighted by atomic mass is 32.2. The average Bonchev–Trinajstić information content (AvgIpc) is 2.15. The van der Waals surface area contributed by atoms with Crippen molar-refractivity contribution in [1.29, 1.82) is 0 Å². The molecule has 0 radical (unpaired) electrons. The van der Waals surface area contributed by atoms with Gasteiger partial charge in [0.25, 0.3) is 0 Å². The lowest BCUT2D eigenvalue weighted by Gasteiger charge is -2.10. The molecule has 0 fully saturated rings. The first-order valence-corrected chi connectivity index (χ1v) is 6.71. The minimum atomic E-state index is -4.19. The maximum absolute atomic E-state index is 11.7. The summed E-state index contributed by atoms with van der Waals surface area (Å²) >= 11 is 1.14. The zero-order valence-electron chi connectivity index (χ0n) is 8.75. The van der Waals surface area contributed by atoms with Crippen LogP contribution in [0.4, 0.5) is 13.2 Å². The van der Waals surface area contributed by atoms with E-state index in [1.807, 2.05) is 0 Å². The molecule has 0 heterocycles. The number of halogens is 3. The molecule has 0 rings (SSSR count). The molecule has 0 aliphatic rings. The molecule has 0 bridgehead atoms. The van der Waals surface area contributed by atoms with Crippen molar-refractivity contribution in [2.75, 3.05) is 23.9 Å². The van der Waals surface area contributed by atoms with Gasteiger partial charge in [0, 0.05) is 17.3 Å². The number of carbonyl (C=O) groups excluding carboxylic acids is 1. The summed E-state index contributed by atoms with van der Waals surface area (Å²) in [5.41, 5.74) is 1.26. The smallest absolute Gasteiger partial charge is 0.441 e. The minimum absolute atomic E-state index is 0.0380. The Morgan fingerprint density at radius 3 is 2.56 bits per heavy atom. The molecular formula is C8H14F3NO2S2. The second kappa shape index (κ2) is 8.08. The van der Waals surface area contributed by atoms with Gasteiger partial charge in [-0.3, -0.25) is 4.79 Å². The lowest BCUT2D eigenvalue weighted by atomic mass is 10.4. The van der Waals surface area contributed by atoms with Crippen molar-refractivity contribution >= 4 is 29.5 Å². The Bertz CT molecular complexity index is 214. The molecule has 0 aromatic rings. The summed E-state index contributed by atoms with van der Waals surface area (Å²) in [4.78, 5) is 11.0. The summed E-state index contributed by atoms with van der Waals surface area (Å²) in [5, 5.41) is 0. The number of esters is 1. The fraction of sp³-hybridized carbons (Fsp3) is 0.875. The fourth-order valence-corrected chi connectivity index (χ4v) is 2.34. The normalized spacial score (nSPS) is 13.6. The topological polar surface area (TPSA) is 52.3 Å². The maximum Gasteiger partial charge on any atom is 0.441 e. The molecule has 0 aliphatic carbocycles. The minimum Gasteiger partial charge on any atom is -0.465 e. The number of rotatable bonds is 7. The third-order valence-electron chi connectivity index (χ3n) is 1.38. The Labute approximate surface area is 101 Å². The van der Waals surface area contributed by atoms with Crippen molar-refractivity contribution < 1.29 is 22.7 Å². The van der Waals surface area contributed by atoms with E-state index in [0.29, 0.717) is 5.75 Å². The van der Waals surface area contributed by atoms with Gasteiger partial charge in [0.2, 0.25) is 0 Å². The van der Waals surface area contributed by atoms with Crippen LogP contribution in [-0.4, -0.2) is 41.4 Å². The quantitative estimate of drug-likeness (QED) is 0.568. The molecule has 1 unspecified atom stereocenters. The lowest BCUT2D eigenvalue weighted by Crippen LogP contribution is -2.34. The van der Waals surface area contributed by atoms with Gasteiger partial charge in [-0.2, -0.15) is 24.9 Å². The van der Waals surface area contributed by atoms with E-state index >= 15 is 0 Å². The van der Waals surface area contributed by atoms with Crippen molar-refractivity contribution in [3.05, 3.63) is 0 Å². The van der Waals surface area contributed by atoms with Gasteiger partial charge in [-0.1, -0.05) is 11.8 Å². The molecule has 0 aliphatic heterocycles. The first-order chi connectivity index (χ1) is 7.37. The van der Waals surface area contributed by atoms with E-state index < -0.39 is 17.5 Å². The molecule has 96 valence electrons. The number of carbonyl (C=O) groups is 1. The van der Waals surface area contributed by atoms with Crippen molar-refractivity contribution in [2.24, 2.45) is 5.73 Å². The van der Waals surface area contributed by atoms with Gasteiger partial charge in [0.05, 0.1) is 6.61 Å². The molecule has 0 amide bonds. The molecule has 0 aromatic heterocycles. The van der Waals surface area contributed by atoms with E-state index in [0.717, 1.165) is 0 Å². The molecule has 3 nitrogen and oxygen atoms in total. The SMILES string of the molecule is CCOC(=O)C(N)CSCCSC(F)(F)F. The predicted molar refractivity (Wildman–Crippen MR) is 60.4 cm³/mol. The number of alkyl halides is 3. The van der Waals surface area contributed by atoms with Crippen LogP contribution in [0.15, 0.2) is 0 Å². The second-order valence-electron chi connectivity index (χ2n) is 2.73. The van der Waals surface area contributed by atoms with Gasteiger partial charge >= 0.3 is 11.5 Å². The standard InChI is InChI=1S/C8H14F3NO2S2/c1-2-14-7(13)6(12)5-15-3-4-16-8(9,10)11/h6H,2-5,12H2,1H3. The van der Waals surface area contributed by atoms with Crippen LogP contribution in [0, 0.1) is 0 Å². The van der Waals surface area contributed by atoms with E-state index in [-0.39, 0.29) is 29.9 Å². The molecule has 2 N–H and O–H groups in total. The van der Waals surface area contributed by atoms with E-state index in [2.05, 4.69) is 4.74 Å². The number of hydrogen-bond donors (Lipinski definition) is 1. The number of ether oxygens (including phenoxy) is 1. The number of hydrogen-bond acceptors (Lipinski definition) is 5. The van der Waals surface area contributed by atoms with E-state index in [4.69, 9.17) is 5.73 Å². The molecule has 0 aromatic carbocycles. The van der Waals surface area contributed by atoms with Crippen LogP contribution in [0.5, 0.6) is 0 Å². The molecule has 16 heavy (non-hydrogen) atoms. The van der Waals surface area contributed by atoms with Gasteiger partial charge in [-0.15, -0.1) is 0 Å². The molecular weight excluding hydrogens is 263 g/mol. The Morgan fingerprint density at radius 1 is 1.44 bits per heavy atom. The lowest BCUT2D eigenvalue weighted by molar-refractivity contribution is -0.144. The van der Waals surface area contributed by atoms with Crippen LogP contribution >= 0.6 is 23.5 Å². The van der Waals surface area contributed by atoms with Gasteiger partial charge in [-0.05, 0) is 6.92 Å². The monoisotopic (exact) mass is 277 g/mol. The first kappa shape index (κ1) is 15.9. The van der Waals surface area contributed by atoms with Crippen LogP contribution in [0.25, 0.3) is 0 Å². The zero-order valence-corrected chi connectivity index (χ0v) is 10.4. The third kappa shape index (κ3) is 9.17. The summed E-state index contributed by atoms with van der Waals surface area (Å²) in [7, 11) is 0. The van der Waals surface area contributed by atoms with Crippen molar-refractivity contribution in [1.82, 2.24) is 0 Å². The van der Waals surface area contributed by atoms with Gasteiger partial charge in [-0.25, -0.2) is 0 Å². The van der Waals surface area contributed by atoms with E-state index in [1.54, 1.807) is 6.92 Å². The zero-order chi connectivity index (χ0) is 12.6. The highest BCUT2D eigenvalue weighted by molar-refractivity contribution is 8.03. The van der Waals surface area contributed by atoms with Crippen LogP contribution < -0.4 is 5.73 Å². The summed E-state index contributed by atoms with van der Waals surface area (Å²) in [6.07, 6.45) is 0. The van der Waals surface area contributed by atoms with Gasteiger partial charge < -0.3 is 10.5 Å². The maximum atomic E-state index is 11.7. The first-order valence-electron chi connectivity index (χ1n) is 4.57. The van der Waals surface area contributed by atoms with Crippen LogP contribution in [-0.2, 0) is 9.53 Å². The Morgan fingerprint density at radius 2 is 2.06 bits per heavy atom.